The highest BCUT2D eigenvalue weighted by molar-refractivity contribution is 5.70. The largest absolute Gasteiger partial charge is 0.457 e. The Balaban J connectivity index is 2.03. The van der Waals surface area contributed by atoms with Crippen molar-refractivity contribution in [1.29, 1.82) is 0 Å². The van der Waals surface area contributed by atoms with E-state index in [1.54, 1.807) is 0 Å². The number of hydrogen-bond donors (Lipinski definition) is 1. The van der Waals surface area contributed by atoms with Gasteiger partial charge < -0.3 is 9.84 Å². The van der Waals surface area contributed by atoms with Crippen molar-refractivity contribution >= 4 is 5.97 Å². The number of aliphatic hydroxyl groups excluding tert-OH is 1. The molecule has 0 aromatic heterocycles. The molecule has 0 aromatic rings. The van der Waals surface area contributed by atoms with Gasteiger partial charge in [0.25, 0.3) is 0 Å². The molecule has 3 nitrogen and oxygen atoms in total. The Morgan fingerprint density at radius 3 is 2.20 bits per heavy atom. The molecule has 0 saturated carbocycles. The van der Waals surface area contributed by atoms with Gasteiger partial charge >= 0.3 is 5.97 Å². The van der Waals surface area contributed by atoms with Crippen molar-refractivity contribution in [2.75, 3.05) is 6.61 Å². The second kappa shape index (κ2) is 10.2. The van der Waals surface area contributed by atoms with Crippen LogP contribution in [0.4, 0.5) is 0 Å². The van der Waals surface area contributed by atoms with Gasteiger partial charge in [0.1, 0.15) is 5.60 Å². The lowest BCUT2D eigenvalue weighted by molar-refractivity contribution is -0.174. The van der Waals surface area contributed by atoms with E-state index < -0.39 is 5.60 Å². The number of carbonyl (C=O) groups is 1. The van der Waals surface area contributed by atoms with Crippen LogP contribution in [-0.4, -0.2) is 23.3 Å². The molecule has 1 aliphatic rings. The van der Waals surface area contributed by atoms with Crippen LogP contribution in [0.5, 0.6) is 0 Å². The second-order valence-corrected chi connectivity index (χ2v) is 6.25. The van der Waals surface area contributed by atoms with E-state index in [0.717, 1.165) is 25.7 Å². The molecule has 1 aliphatic heterocycles. The molecule has 0 spiro atoms. The van der Waals surface area contributed by atoms with E-state index in [-0.39, 0.29) is 12.6 Å². The highest BCUT2D eigenvalue weighted by Gasteiger charge is 2.36. The minimum atomic E-state index is -0.559. The monoisotopic (exact) mass is 284 g/mol. The van der Waals surface area contributed by atoms with Gasteiger partial charge in [0.05, 0.1) is 6.61 Å². The first-order valence-electron chi connectivity index (χ1n) is 8.55. The van der Waals surface area contributed by atoms with Gasteiger partial charge in [-0.15, -0.1) is 0 Å². The van der Waals surface area contributed by atoms with Crippen LogP contribution < -0.4 is 0 Å². The summed E-state index contributed by atoms with van der Waals surface area (Å²) in [6.07, 6.45) is 14.6. The van der Waals surface area contributed by atoms with Crippen molar-refractivity contribution in [3.63, 3.8) is 0 Å². The summed E-state index contributed by atoms with van der Waals surface area (Å²) >= 11 is 0. The van der Waals surface area contributed by atoms with Crippen LogP contribution >= 0.6 is 0 Å². The number of hydrogen-bond acceptors (Lipinski definition) is 3. The SMILES string of the molecule is CCCCCCCCCCC[C@@]1(CO)CCCC(=O)O1. The fourth-order valence-corrected chi connectivity index (χ4v) is 3.02. The van der Waals surface area contributed by atoms with Gasteiger partial charge in [0, 0.05) is 6.42 Å². The van der Waals surface area contributed by atoms with E-state index in [1.165, 1.54) is 51.4 Å². The van der Waals surface area contributed by atoms with E-state index in [0.29, 0.717) is 6.42 Å². The van der Waals surface area contributed by atoms with Crippen molar-refractivity contribution in [1.82, 2.24) is 0 Å². The Hall–Kier alpha value is -0.570. The smallest absolute Gasteiger partial charge is 0.306 e. The molecule has 20 heavy (non-hydrogen) atoms. The molecular formula is C17H32O3. The van der Waals surface area contributed by atoms with Crippen LogP contribution in [0.15, 0.2) is 0 Å². The molecule has 1 N–H and O–H groups in total. The van der Waals surface area contributed by atoms with Crippen LogP contribution in [0.3, 0.4) is 0 Å². The molecule has 0 unspecified atom stereocenters. The molecule has 1 atom stereocenters. The first-order chi connectivity index (χ1) is 9.72. The number of unbranched alkanes of at least 4 members (excludes halogenated alkanes) is 8. The topological polar surface area (TPSA) is 46.5 Å². The van der Waals surface area contributed by atoms with Crippen molar-refractivity contribution in [2.24, 2.45) is 0 Å². The van der Waals surface area contributed by atoms with Crippen molar-refractivity contribution in [3.8, 4) is 0 Å². The summed E-state index contributed by atoms with van der Waals surface area (Å²) in [5.41, 5.74) is -0.559. The standard InChI is InChI=1S/C17H32O3/c1-2-3-4-5-6-7-8-9-10-13-17(15-18)14-11-12-16(19)20-17/h18H,2-15H2,1H3/t17-/m0/s1. The van der Waals surface area contributed by atoms with E-state index in [4.69, 9.17) is 4.74 Å². The maximum absolute atomic E-state index is 11.4. The van der Waals surface area contributed by atoms with Gasteiger partial charge in [0.2, 0.25) is 0 Å². The number of carbonyl (C=O) groups excluding carboxylic acids is 1. The van der Waals surface area contributed by atoms with E-state index >= 15 is 0 Å². The van der Waals surface area contributed by atoms with Gasteiger partial charge in [-0.05, 0) is 25.7 Å². The maximum Gasteiger partial charge on any atom is 0.306 e. The first-order valence-corrected chi connectivity index (χ1v) is 8.55. The van der Waals surface area contributed by atoms with Gasteiger partial charge in [-0.2, -0.15) is 0 Å². The Kier molecular flexibility index (Phi) is 8.92. The second-order valence-electron chi connectivity index (χ2n) is 6.25. The van der Waals surface area contributed by atoms with Crippen LogP contribution in [0.25, 0.3) is 0 Å². The third-order valence-corrected chi connectivity index (χ3v) is 4.37. The Bertz CT molecular complexity index is 265. The Morgan fingerprint density at radius 1 is 1.05 bits per heavy atom. The molecule has 1 rings (SSSR count). The summed E-state index contributed by atoms with van der Waals surface area (Å²) < 4.78 is 5.41. The predicted molar refractivity (Wildman–Crippen MR) is 81.6 cm³/mol. The number of cyclic esters (lactones) is 1. The highest BCUT2D eigenvalue weighted by Crippen LogP contribution is 2.30. The Morgan fingerprint density at radius 2 is 1.65 bits per heavy atom. The lowest BCUT2D eigenvalue weighted by Gasteiger charge is -2.35. The molecule has 0 aromatic carbocycles. The quantitative estimate of drug-likeness (QED) is 0.453. The van der Waals surface area contributed by atoms with E-state index in [9.17, 15) is 9.90 Å². The fourth-order valence-electron chi connectivity index (χ4n) is 3.02. The summed E-state index contributed by atoms with van der Waals surface area (Å²) in [5, 5.41) is 9.51. The first kappa shape index (κ1) is 17.5. The summed E-state index contributed by atoms with van der Waals surface area (Å²) in [6.45, 7) is 2.23. The molecule has 0 bridgehead atoms. The molecule has 1 fully saturated rings. The van der Waals surface area contributed by atoms with Crippen molar-refractivity contribution in [2.45, 2.75) is 96.0 Å². The summed E-state index contributed by atoms with van der Waals surface area (Å²) in [6, 6.07) is 0. The third kappa shape index (κ3) is 6.74. The number of ether oxygens (including phenoxy) is 1. The van der Waals surface area contributed by atoms with Gasteiger partial charge in [-0.3, -0.25) is 4.79 Å². The average Bonchev–Trinajstić information content (AvgIpc) is 2.45. The molecule has 0 aliphatic carbocycles. The van der Waals surface area contributed by atoms with E-state index in [2.05, 4.69) is 6.92 Å². The summed E-state index contributed by atoms with van der Waals surface area (Å²) in [4.78, 5) is 11.4. The lowest BCUT2D eigenvalue weighted by atomic mass is 9.88. The third-order valence-electron chi connectivity index (χ3n) is 4.37. The zero-order valence-electron chi connectivity index (χ0n) is 13.2. The molecule has 118 valence electrons. The van der Waals surface area contributed by atoms with Crippen LogP contribution in [-0.2, 0) is 9.53 Å². The zero-order chi connectivity index (χ0) is 14.7. The lowest BCUT2D eigenvalue weighted by Crippen LogP contribution is -2.42. The number of aliphatic hydroxyl groups is 1. The normalized spacial score (nSPS) is 22.8. The highest BCUT2D eigenvalue weighted by atomic mass is 16.6. The summed E-state index contributed by atoms with van der Waals surface area (Å²) in [5.74, 6) is -0.138. The van der Waals surface area contributed by atoms with Gasteiger partial charge in [0.15, 0.2) is 0 Å². The minimum absolute atomic E-state index is 0.0181. The average molecular weight is 284 g/mol. The van der Waals surface area contributed by atoms with Crippen molar-refractivity contribution < 1.29 is 14.6 Å². The predicted octanol–water partition coefficient (Wildman–Crippen LogP) is 4.37. The zero-order valence-corrected chi connectivity index (χ0v) is 13.2. The molecule has 0 amide bonds. The van der Waals surface area contributed by atoms with Gasteiger partial charge in [-0.1, -0.05) is 58.3 Å². The minimum Gasteiger partial charge on any atom is -0.457 e. The van der Waals surface area contributed by atoms with E-state index in [1.807, 2.05) is 0 Å². The molecule has 3 heteroatoms. The fraction of sp³-hybridized carbons (Fsp3) is 0.941. The Labute approximate surface area is 124 Å². The molecule has 1 saturated heterocycles. The maximum atomic E-state index is 11.4. The molecule has 0 radical (unpaired) electrons. The van der Waals surface area contributed by atoms with Crippen LogP contribution in [0, 0.1) is 0 Å². The molecular weight excluding hydrogens is 252 g/mol. The van der Waals surface area contributed by atoms with Gasteiger partial charge in [-0.25, -0.2) is 0 Å². The van der Waals surface area contributed by atoms with Crippen molar-refractivity contribution in [3.05, 3.63) is 0 Å². The summed E-state index contributed by atoms with van der Waals surface area (Å²) in [7, 11) is 0. The molecule has 1 heterocycles. The van der Waals surface area contributed by atoms with Crippen LogP contribution in [0.2, 0.25) is 0 Å². The number of esters is 1. The number of rotatable bonds is 11. The van der Waals surface area contributed by atoms with Crippen LogP contribution in [0.1, 0.15) is 90.4 Å².